The van der Waals surface area contributed by atoms with Crippen molar-refractivity contribution in [2.75, 3.05) is 26.9 Å². The molecular formula is C23H27F3N2O4. The fraction of sp³-hybridized carbons (Fsp3) is 0.391. The number of halogens is 3. The molecule has 0 saturated carbocycles. The Hall–Kier alpha value is -3.23. The van der Waals surface area contributed by atoms with Crippen molar-refractivity contribution in [1.82, 2.24) is 4.98 Å². The van der Waals surface area contributed by atoms with Gasteiger partial charge < -0.3 is 19.0 Å². The Morgan fingerprint density at radius 2 is 1.75 bits per heavy atom. The third-order valence-corrected chi connectivity index (χ3v) is 4.26. The van der Waals surface area contributed by atoms with Crippen LogP contribution >= 0.6 is 0 Å². The number of oxime groups is 1. The molecule has 0 N–H and O–H groups in total. The van der Waals surface area contributed by atoms with E-state index in [9.17, 15) is 13.2 Å². The molecule has 0 fully saturated rings. The molecule has 2 rings (SSSR count). The number of pyridine rings is 1. The standard InChI is InChI=1S/C23H27F3N2O4/c1-5-6-10-30-19-13-16(2)21(17(3)14-19)32-12-7-11-31-20-9-8-18(15-27-20)22(28-29-4)23(24,25)26/h5-6,8-9,13-15H,7,10-12H2,1-4H3/b6-5+,28-22-. The quantitative estimate of drug-likeness (QED) is 0.197. The highest BCUT2D eigenvalue weighted by Gasteiger charge is 2.38. The van der Waals surface area contributed by atoms with Gasteiger partial charge in [0, 0.05) is 24.2 Å². The molecule has 9 heteroatoms. The number of aromatic nitrogens is 1. The Balaban J connectivity index is 1.83. The van der Waals surface area contributed by atoms with Crippen LogP contribution in [0.4, 0.5) is 13.2 Å². The van der Waals surface area contributed by atoms with Crippen molar-refractivity contribution in [2.24, 2.45) is 5.16 Å². The summed E-state index contributed by atoms with van der Waals surface area (Å²) in [6, 6.07) is 6.44. The van der Waals surface area contributed by atoms with Crippen LogP contribution in [0.2, 0.25) is 0 Å². The number of hydrogen-bond donors (Lipinski definition) is 0. The van der Waals surface area contributed by atoms with Gasteiger partial charge in [-0.15, -0.1) is 0 Å². The van der Waals surface area contributed by atoms with Gasteiger partial charge in [0.15, 0.2) is 5.71 Å². The van der Waals surface area contributed by atoms with Gasteiger partial charge in [0.2, 0.25) is 5.88 Å². The molecule has 0 bridgehead atoms. The van der Waals surface area contributed by atoms with Crippen LogP contribution in [0, 0.1) is 13.8 Å². The van der Waals surface area contributed by atoms with Crippen molar-refractivity contribution in [1.29, 1.82) is 0 Å². The maximum Gasteiger partial charge on any atom is 0.437 e. The fourth-order valence-corrected chi connectivity index (χ4v) is 2.84. The van der Waals surface area contributed by atoms with Crippen LogP contribution in [0.25, 0.3) is 0 Å². The van der Waals surface area contributed by atoms with E-state index in [4.69, 9.17) is 14.2 Å². The summed E-state index contributed by atoms with van der Waals surface area (Å²) < 4.78 is 56.0. The third-order valence-electron chi connectivity index (χ3n) is 4.26. The third kappa shape index (κ3) is 7.47. The highest BCUT2D eigenvalue weighted by Crippen LogP contribution is 2.28. The van der Waals surface area contributed by atoms with Gasteiger partial charge in [-0.1, -0.05) is 17.3 Å². The smallest absolute Gasteiger partial charge is 0.437 e. The van der Waals surface area contributed by atoms with Crippen molar-refractivity contribution in [3.05, 3.63) is 59.3 Å². The van der Waals surface area contributed by atoms with Gasteiger partial charge in [-0.05, 0) is 50.1 Å². The first kappa shape index (κ1) is 25.0. The van der Waals surface area contributed by atoms with E-state index < -0.39 is 11.9 Å². The van der Waals surface area contributed by atoms with Gasteiger partial charge in [0.1, 0.15) is 25.2 Å². The Kier molecular flexibility index (Phi) is 9.37. The lowest BCUT2D eigenvalue weighted by molar-refractivity contribution is -0.0608. The van der Waals surface area contributed by atoms with Crippen LogP contribution in [0.1, 0.15) is 30.0 Å². The van der Waals surface area contributed by atoms with Crippen LogP contribution in [-0.4, -0.2) is 43.8 Å². The normalized spacial score (nSPS) is 12.2. The molecule has 6 nitrogen and oxygen atoms in total. The summed E-state index contributed by atoms with van der Waals surface area (Å²) in [7, 11) is 1.05. The number of rotatable bonds is 11. The number of hydrogen-bond acceptors (Lipinski definition) is 6. The van der Waals surface area contributed by atoms with Crippen LogP contribution in [0.15, 0.2) is 47.8 Å². The van der Waals surface area contributed by atoms with E-state index in [0.29, 0.717) is 26.2 Å². The molecule has 1 heterocycles. The molecule has 1 aromatic heterocycles. The molecule has 2 aromatic rings. The zero-order chi connectivity index (χ0) is 23.6. The molecule has 0 aliphatic carbocycles. The highest BCUT2D eigenvalue weighted by atomic mass is 19.4. The van der Waals surface area contributed by atoms with Gasteiger partial charge in [0.25, 0.3) is 0 Å². The highest BCUT2D eigenvalue weighted by molar-refractivity contribution is 6.04. The predicted molar refractivity (Wildman–Crippen MR) is 116 cm³/mol. The number of allylic oxidation sites excluding steroid dienone is 1. The molecule has 1 aromatic carbocycles. The minimum Gasteiger partial charge on any atom is -0.493 e. The summed E-state index contributed by atoms with van der Waals surface area (Å²) in [4.78, 5) is 8.18. The molecule has 0 spiro atoms. The van der Waals surface area contributed by atoms with E-state index >= 15 is 0 Å². The van der Waals surface area contributed by atoms with Crippen LogP contribution < -0.4 is 14.2 Å². The van der Waals surface area contributed by atoms with Crippen LogP contribution in [-0.2, 0) is 4.84 Å². The summed E-state index contributed by atoms with van der Waals surface area (Å²) in [6.07, 6.45) is 0.827. The lowest BCUT2D eigenvalue weighted by Gasteiger charge is -2.14. The fourth-order valence-electron chi connectivity index (χ4n) is 2.84. The molecular weight excluding hydrogens is 425 g/mol. The molecule has 0 aliphatic heterocycles. The van der Waals surface area contributed by atoms with Crippen LogP contribution in [0.3, 0.4) is 0 Å². The molecule has 0 unspecified atom stereocenters. The minimum atomic E-state index is -4.65. The summed E-state index contributed by atoms with van der Waals surface area (Å²) in [5.74, 6) is 1.79. The minimum absolute atomic E-state index is 0.209. The zero-order valence-electron chi connectivity index (χ0n) is 18.5. The average molecular weight is 452 g/mol. The topological polar surface area (TPSA) is 62.2 Å². The van der Waals surface area contributed by atoms with E-state index in [1.54, 1.807) is 0 Å². The molecule has 0 atom stereocenters. The molecule has 0 saturated heterocycles. The average Bonchev–Trinajstić information content (AvgIpc) is 2.73. The van der Waals surface area contributed by atoms with Gasteiger partial charge in [-0.25, -0.2) is 4.98 Å². The first-order valence-electron chi connectivity index (χ1n) is 10.0. The number of nitrogens with zero attached hydrogens (tertiary/aromatic N) is 2. The monoisotopic (exact) mass is 452 g/mol. The van der Waals surface area contributed by atoms with Crippen molar-refractivity contribution >= 4 is 5.71 Å². The van der Waals surface area contributed by atoms with E-state index in [1.165, 1.54) is 12.1 Å². The number of ether oxygens (including phenoxy) is 3. The summed E-state index contributed by atoms with van der Waals surface area (Å²) in [5.41, 5.74) is 0.573. The lowest BCUT2D eigenvalue weighted by atomic mass is 10.1. The van der Waals surface area contributed by atoms with E-state index in [-0.39, 0.29) is 11.4 Å². The molecule has 0 aliphatic rings. The first-order chi connectivity index (χ1) is 15.3. The molecule has 0 amide bonds. The second kappa shape index (κ2) is 12.0. The van der Waals surface area contributed by atoms with Gasteiger partial charge >= 0.3 is 6.18 Å². The largest absolute Gasteiger partial charge is 0.493 e. The second-order valence-corrected chi connectivity index (χ2v) is 6.82. The van der Waals surface area contributed by atoms with Gasteiger partial charge in [-0.3, -0.25) is 0 Å². The van der Waals surface area contributed by atoms with Crippen molar-refractivity contribution in [3.63, 3.8) is 0 Å². The second-order valence-electron chi connectivity index (χ2n) is 6.82. The Morgan fingerprint density at radius 3 is 2.31 bits per heavy atom. The first-order valence-corrected chi connectivity index (χ1v) is 10.0. The van der Waals surface area contributed by atoms with Gasteiger partial charge in [-0.2, -0.15) is 13.2 Å². The maximum absolute atomic E-state index is 13.0. The van der Waals surface area contributed by atoms with E-state index in [1.807, 2.05) is 45.1 Å². The molecule has 32 heavy (non-hydrogen) atoms. The van der Waals surface area contributed by atoms with Gasteiger partial charge in [0.05, 0.1) is 13.2 Å². The summed E-state index contributed by atoms with van der Waals surface area (Å²) in [5, 5.41) is 3.03. The number of benzene rings is 1. The Labute approximate surface area is 185 Å². The van der Waals surface area contributed by atoms with Crippen molar-refractivity contribution in [2.45, 2.75) is 33.4 Å². The summed E-state index contributed by atoms with van der Waals surface area (Å²) >= 11 is 0. The van der Waals surface area contributed by atoms with E-state index in [2.05, 4.69) is 15.0 Å². The molecule has 174 valence electrons. The Morgan fingerprint density at radius 1 is 1.06 bits per heavy atom. The zero-order valence-corrected chi connectivity index (χ0v) is 18.5. The lowest BCUT2D eigenvalue weighted by Crippen LogP contribution is -2.24. The predicted octanol–water partition coefficient (Wildman–Crippen LogP) is 5.41. The number of alkyl halides is 3. The Bertz CT molecular complexity index is 903. The van der Waals surface area contributed by atoms with Crippen LogP contribution in [0.5, 0.6) is 17.4 Å². The maximum atomic E-state index is 13.0. The number of aryl methyl sites for hydroxylation is 2. The SMILES string of the molecule is C/C=C/COc1cc(C)c(OCCCOc2ccc(/C(=N/OC)C(F)(F)F)cn2)c(C)c1. The van der Waals surface area contributed by atoms with Crippen molar-refractivity contribution in [3.8, 4) is 17.4 Å². The van der Waals surface area contributed by atoms with E-state index in [0.717, 1.165) is 35.9 Å². The van der Waals surface area contributed by atoms with Crippen molar-refractivity contribution < 1.29 is 32.2 Å². The summed E-state index contributed by atoms with van der Waals surface area (Å²) in [6.45, 7) is 7.07. The molecule has 0 radical (unpaired) electrons.